The van der Waals surface area contributed by atoms with Crippen molar-refractivity contribution in [2.24, 2.45) is 16.4 Å². The van der Waals surface area contributed by atoms with Crippen molar-refractivity contribution in [1.82, 2.24) is 4.90 Å². The number of aliphatic hydroxyl groups is 1. The van der Waals surface area contributed by atoms with Crippen molar-refractivity contribution in [2.75, 3.05) is 18.1 Å². The van der Waals surface area contributed by atoms with Crippen molar-refractivity contribution in [3.05, 3.63) is 30.1 Å². The Morgan fingerprint density at radius 2 is 1.85 bits per heavy atom. The van der Waals surface area contributed by atoms with E-state index in [-0.39, 0.29) is 17.3 Å². The number of nitrogens with zero attached hydrogens (tertiary/aromatic N) is 3. The third-order valence-corrected chi connectivity index (χ3v) is 7.11. The average Bonchev–Trinajstić information content (AvgIpc) is 3.01. The van der Waals surface area contributed by atoms with Gasteiger partial charge in [-0.1, -0.05) is 0 Å². The van der Waals surface area contributed by atoms with Crippen LogP contribution in [0.2, 0.25) is 0 Å². The summed E-state index contributed by atoms with van der Waals surface area (Å²) in [5.74, 6) is 0.859. The SMILES string of the molecule is O=C(N1CCC(O)(CC2CC=NN2c2ccc(F)cc2)CC1)C12CC(C1)C2. The molecule has 1 amide bonds. The van der Waals surface area contributed by atoms with E-state index in [0.717, 1.165) is 37.3 Å². The number of rotatable bonds is 4. The smallest absolute Gasteiger partial charge is 0.228 e. The third kappa shape index (κ3) is 2.85. The Morgan fingerprint density at radius 3 is 2.44 bits per heavy atom. The number of anilines is 1. The van der Waals surface area contributed by atoms with Crippen LogP contribution in [-0.4, -0.2) is 46.9 Å². The molecule has 0 spiro atoms. The molecule has 6 heteroatoms. The maximum absolute atomic E-state index is 13.2. The fourth-order valence-corrected chi connectivity index (χ4v) is 5.34. The first-order chi connectivity index (χ1) is 13.0. The third-order valence-electron chi connectivity index (χ3n) is 7.11. The first-order valence-electron chi connectivity index (χ1n) is 10.1. The van der Waals surface area contributed by atoms with E-state index in [4.69, 9.17) is 0 Å². The second-order valence-corrected chi connectivity index (χ2v) is 8.99. The van der Waals surface area contributed by atoms with Crippen LogP contribution in [0.1, 0.15) is 44.9 Å². The number of carbonyl (C=O) groups is 1. The fourth-order valence-electron chi connectivity index (χ4n) is 5.34. The molecule has 1 N–H and O–H groups in total. The lowest BCUT2D eigenvalue weighted by Gasteiger charge is -2.61. The van der Waals surface area contributed by atoms with Crippen LogP contribution in [0, 0.1) is 17.2 Å². The van der Waals surface area contributed by atoms with Crippen molar-refractivity contribution < 1.29 is 14.3 Å². The van der Waals surface area contributed by atoms with Crippen molar-refractivity contribution in [3.63, 3.8) is 0 Å². The van der Waals surface area contributed by atoms with Crippen LogP contribution in [0.25, 0.3) is 0 Å². The molecule has 6 rings (SSSR count). The summed E-state index contributed by atoms with van der Waals surface area (Å²) in [6, 6.07) is 6.38. The lowest BCUT2D eigenvalue weighted by Crippen LogP contribution is -2.62. The van der Waals surface area contributed by atoms with Gasteiger partial charge in [0.1, 0.15) is 5.82 Å². The van der Waals surface area contributed by atoms with Crippen molar-refractivity contribution >= 4 is 17.8 Å². The number of carbonyl (C=O) groups excluding carboxylic acids is 1. The van der Waals surface area contributed by atoms with E-state index in [1.54, 1.807) is 12.1 Å². The molecule has 2 bridgehead atoms. The molecule has 2 aliphatic heterocycles. The van der Waals surface area contributed by atoms with Gasteiger partial charge in [-0.2, -0.15) is 5.10 Å². The first-order valence-corrected chi connectivity index (χ1v) is 10.1. The zero-order chi connectivity index (χ0) is 18.6. The summed E-state index contributed by atoms with van der Waals surface area (Å²) in [5.41, 5.74) is 0.0426. The average molecular weight is 371 g/mol. The molecular weight excluding hydrogens is 345 g/mol. The van der Waals surface area contributed by atoms with Crippen molar-refractivity contribution in [3.8, 4) is 0 Å². The van der Waals surface area contributed by atoms with Crippen LogP contribution < -0.4 is 5.01 Å². The Bertz CT molecular complexity index is 753. The van der Waals surface area contributed by atoms with Gasteiger partial charge in [0.15, 0.2) is 0 Å². The van der Waals surface area contributed by atoms with Crippen LogP contribution in [0.5, 0.6) is 0 Å². The molecule has 1 unspecified atom stereocenters. The molecule has 1 saturated heterocycles. The molecule has 27 heavy (non-hydrogen) atoms. The van der Waals surface area contributed by atoms with Crippen LogP contribution in [0.3, 0.4) is 0 Å². The Kier molecular flexibility index (Phi) is 3.83. The van der Waals surface area contributed by atoms with E-state index in [0.29, 0.717) is 38.3 Å². The standard InChI is InChI=1S/C21H26FN3O2/c22-16-1-3-17(4-2-16)25-18(5-8-23-25)14-21(27)6-9-24(10-7-21)19(26)20-11-15(12-20)13-20/h1-4,8,15,18,27H,5-7,9-14H2. The van der Waals surface area contributed by atoms with Gasteiger partial charge in [-0.05, 0) is 68.7 Å². The van der Waals surface area contributed by atoms with Crippen LogP contribution in [0.15, 0.2) is 29.4 Å². The Balaban J connectivity index is 1.20. The minimum Gasteiger partial charge on any atom is -0.390 e. The van der Waals surface area contributed by atoms with Gasteiger partial charge in [0.2, 0.25) is 5.91 Å². The zero-order valence-corrected chi connectivity index (χ0v) is 15.5. The minimum absolute atomic E-state index is 0.0290. The van der Waals surface area contributed by atoms with E-state index in [2.05, 4.69) is 5.10 Å². The second kappa shape index (κ2) is 6.03. The molecule has 3 saturated carbocycles. The Morgan fingerprint density at radius 1 is 1.19 bits per heavy atom. The quantitative estimate of drug-likeness (QED) is 0.885. The molecule has 1 aromatic carbocycles. The predicted molar refractivity (Wildman–Crippen MR) is 101 cm³/mol. The minimum atomic E-state index is -0.771. The monoisotopic (exact) mass is 371 g/mol. The molecule has 5 nitrogen and oxygen atoms in total. The first kappa shape index (κ1) is 17.2. The number of benzene rings is 1. The van der Waals surface area contributed by atoms with E-state index in [1.165, 1.54) is 12.1 Å². The van der Waals surface area contributed by atoms with E-state index < -0.39 is 5.60 Å². The number of hydrogen-bond donors (Lipinski definition) is 1. The van der Waals surface area contributed by atoms with Gasteiger partial charge in [-0.3, -0.25) is 9.80 Å². The summed E-state index contributed by atoms with van der Waals surface area (Å²) < 4.78 is 13.2. The second-order valence-electron chi connectivity index (χ2n) is 8.99. The predicted octanol–water partition coefficient (Wildman–Crippen LogP) is 2.93. The summed E-state index contributed by atoms with van der Waals surface area (Å²) in [4.78, 5) is 14.7. The largest absolute Gasteiger partial charge is 0.390 e. The molecule has 5 aliphatic rings. The number of piperidine rings is 1. The van der Waals surface area contributed by atoms with Crippen molar-refractivity contribution in [1.29, 1.82) is 0 Å². The van der Waals surface area contributed by atoms with Gasteiger partial charge >= 0.3 is 0 Å². The van der Waals surface area contributed by atoms with E-state index in [9.17, 15) is 14.3 Å². The van der Waals surface area contributed by atoms with Gasteiger partial charge < -0.3 is 10.0 Å². The molecule has 144 valence electrons. The van der Waals surface area contributed by atoms with Crippen LogP contribution in [0.4, 0.5) is 10.1 Å². The molecule has 3 aliphatic carbocycles. The number of hydrazone groups is 1. The topological polar surface area (TPSA) is 56.1 Å². The summed E-state index contributed by atoms with van der Waals surface area (Å²) in [6.07, 6.45) is 7.72. The van der Waals surface area contributed by atoms with Gasteiger partial charge in [0.25, 0.3) is 0 Å². The molecule has 0 radical (unpaired) electrons. The highest BCUT2D eigenvalue weighted by molar-refractivity contribution is 5.86. The van der Waals surface area contributed by atoms with E-state index in [1.807, 2.05) is 16.1 Å². The summed E-state index contributed by atoms with van der Waals surface area (Å²) >= 11 is 0. The molecule has 1 atom stereocenters. The fraction of sp³-hybridized carbons (Fsp3) is 0.619. The van der Waals surface area contributed by atoms with Crippen LogP contribution in [-0.2, 0) is 4.79 Å². The zero-order valence-electron chi connectivity index (χ0n) is 15.5. The van der Waals surface area contributed by atoms with Gasteiger partial charge in [-0.25, -0.2) is 4.39 Å². The molecular formula is C21H26FN3O2. The van der Waals surface area contributed by atoms with E-state index >= 15 is 0 Å². The van der Waals surface area contributed by atoms with Gasteiger partial charge in [0.05, 0.1) is 22.7 Å². The summed E-state index contributed by atoms with van der Waals surface area (Å²) in [6.45, 7) is 1.29. The molecule has 0 aromatic heterocycles. The lowest BCUT2D eigenvalue weighted by atomic mass is 9.44. The number of amides is 1. The highest BCUT2D eigenvalue weighted by Gasteiger charge is 2.62. The Labute approximate surface area is 158 Å². The number of halogens is 1. The number of hydrogen-bond acceptors (Lipinski definition) is 4. The maximum Gasteiger partial charge on any atom is 0.228 e. The summed E-state index contributed by atoms with van der Waals surface area (Å²) in [5, 5.41) is 17.5. The molecule has 2 heterocycles. The summed E-state index contributed by atoms with van der Waals surface area (Å²) in [7, 11) is 0. The number of likely N-dealkylation sites (tertiary alicyclic amines) is 1. The Hall–Kier alpha value is -1.95. The normalized spacial score (nSPS) is 33.6. The molecule has 1 aromatic rings. The molecule has 4 fully saturated rings. The van der Waals surface area contributed by atoms with Crippen molar-refractivity contribution in [2.45, 2.75) is 56.6 Å². The van der Waals surface area contributed by atoms with Gasteiger partial charge in [-0.15, -0.1) is 0 Å². The lowest BCUT2D eigenvalue weighted by molar-refractivity contribution is -0.180. The van der Waals surface area contributed by atoms with Gasteiger partial charge in [0, 0.05) is 25.7 Å². The maximum atomic E-state index is 13.2. The highest BCUT2D eigenvalue weighted by atomic mass is 19.1. The van der Waals surface area contributed by atoms with Crippen LogP contribution >= 0.6 is 0 Å². The highest BCUT2D eigenvalue weighted by Crippen LogP contribution is 2.65.